The number of sulfonamides is 1. The van der Waals surface area contributed by atoms with Crippen molar-refractivity contribution in [1.29, 1.82) is 0 Å². The minimum Gasteiger partial charge on any atom is -0.398 e. The summed E-state index contributed by atoms with van der Waals surface area (Å²) in [5.74, 6) is 0. The van der Waals surface area contributed by atoms with Gasteiger partial charge in [-0.1, -0.05) is 0 Å². The molecule has 2 rings (SSSR count). The number of aryl methyl sites for hydroxylation is 1. The van der Waals surface area contributed by atoms with Crippen molar-refractivity contribution >= 4 is 37.3 Å². The second kappa shape index (κ2) is 5.22. The predicted molar refractivity (Wildman–Crippen MR) is 77.3 cm³/mol. The molecular formula is C11H13BrN4O2S. The van der Waals surface area contributed by atoms with Gasteiger partial charge in [-0.2, -0.15) is 8.42 Å². The van der Waals surface area contributed by atoms with Gasteiger partial charge in [0.15, 0.2) is 5.03 Å². The van der Waals surface area contributed by atoms with Crippen molar-refractivity contribution < 1.29 is 8.42 Å². The molecule has 0 saturated carbocycles. The number of nitrogens with two attached hydrogens (primary N) is 1. The maximum atomic E-state index is 12.1. The molecule has 8 heteroatoms. The number of anilines is 2. The van der Waals surface area contributed by atoms with E-state index in [1.54, 1.807) is 22.8 Å². The molecule has 19 heavy (non-hydrogen) atoms. The maximum Gasteiger partial charge on any atom is 0.280 e. The molecular weight excluding hydrogens is 332 g/mol. The van der Waals surface area contributed by atoms with Crippen molar-refractivity contribution in [3.63, 3.8) is 0 Å². The largest absolute Gasteiger partial charge is 0.398 e. The van der Waals surface area contributed by atoms with E-state index in [0.717, 1.165) is 0 Å². The topological polar surface area (TPSA) is 90.0 Å². The number of imidazole rings is 1. The molecule has 0 atom stereocenters. The highest BCUT2D eigenvalue weighted by Gasteiger charge is 2.17. The van der Waals surface area contributed by atoms with Gasteiger partial charge < -0.3 is 10.3 Å². The molecule has 1 aromatic heterocycles. The van der Waals surface area contributed by atoms with Crippen LogP contribution in [0, 0.1) is 0 Å². The van der Waals surface area contributed by atoms with Crippen molar-refractivity contribution in [1.82, 2.24) is 9.55 Å². The Hall–Kier alpha value is -1.54. The van der Waals surface area contributed by atoms with Crippen LogP contribution in [0.5, 0.6) is 0 Å². The Morgan fingerprint density at radius 2 is 2.21 bits per heavy atom. The normalized spacial score (nSPS) is 11.5. The van der Waals surface area contributed by atoms with Crippen molar-refractivity contribution in [2.45, 2.75) is 18.5 Å². The van der Waals surface area contributed by atoms with Gasteiger partial charge in [0.05, 0.1) is 12.0 Å². The minimum absolute atomic E-state index is 0.0177. The predicted octanol–water partition coefficient (Wildman–Crippen LogP) is 2.05. The zero-order valence-electron chi connectivity index (χ0n) is 10.2. The van der Waals surface area contributed by atoms with Crippen LogP contribution >= 0.6 is 15.9 Å². The summed E-state index contributed by atoms with van der Waals surface area (Å²) in [6.07, 6.45) is 2.95. The van der Waals surface area contributed by atoms with Crippen LogP contribution in [0.2, 0.25) is 0 Å². The first-order valence-corrected chi connectivity index (χ1v) is 7.79. The van der Waals surface area contributed by atoms with E-state index in [4.69, 9.17) is 5.73 Å². The molecule has 1 aromatic carbocycles. The Bertz CT molecular complexity index is 696. The standard InChI is InChI=1S/C11H13BrN4O2S/c1-2-16-6-11(14-7-16)19(17,18)15-8-3-4-9(12)10(13)5-8/h3-7,15H,2,13H2,1H3. The quantitative estimate of drug-likeness (QED) is 0.830. The van der Waals surface area contributed by atoms with Crippen LogP contribution in [-0.2, 0) is 16.6 Å². The van der Waals surface area contributed by atoms with Crippen molar-refractivity contribution in [3.8, 4) is 0 Å². The smallest absolute Gasteiger partial charge is 0.280 e. The van der Waals surface area contributed by atoms with E-state index in [-0.39, 0.29) is 5.03 Å². The van der Waals surface area contributed by atoms with Crippen LogP contribution < -0.4 is 10.5 Å². The molecule has 0 bridgehead atoms. The van der Waals surface area contributed by atoms with Crippen LogP contribution in [0.25, 0.3) is 0 Å². The fourth-order valence-electron chi connectivity index (χ4n) is 1.47. The molecule has 0 aliphatic carbocycles. The number of hydrogen-bond acceptors (Lipinski definition) is 4. The van der Waals surface area contributed by atoms with Gasteiger partial charge in [-0.25, -0.2) is 4.98 Å². The molecule has 0 aliphatic heterocycles. The zero-order valence-corrected chi connectivity index (χ0v) is 12.6. The Labute approximate surface area is 119 Å². The highest BCUT2D eigenvalue weighted by Crippen LogP contribution is 2.24. The molecule has 2 aromatic rings. The first kappa shape index (κ1) is 13.9. The summed E-state index contributed by atoms with van der Waals surface area (Å²) in [4.78, 5) is 3.87. The average molecular weight is 345 g/mol. The summed E-state index contributed by atoms with van der Waals surface area (Å²) >= 11 is 3.25. The molecule has 0 amide bonds. The van der Waals surface area contributed by atoms with Gasteiger partial charge in [-0.05, 0) is 41.1 Å². The van der Waals surface area contributed by atoms with Crippen LogP contribution in [0.15, 0.2) is 40.2 Å². The number of nitrogens with zero attached hydrogens (tertiary/aromatic N) is 2. The average Bonchev–Trinajstić information content (AvgIpc) is 2.83. The summed E-state index contributed by atoms with van der Waals surface area (Å²) in [5, 5.41) is -0.0177. The fraction of sp³-hybridized carbons (Fsp3) is 0.182. The van der Waals surface area contributed by atoms with Crippen molar-refractivity contribution in [2.75, 3.05) is 10.5 Å². The summed E-state index contributed by atoms with van der Waals surface area (Å²) < 4.78 is 29.0. The van der Waals surface area contributed by atoms with Gasteiger partial charge in [-0.3, -0.25) is 4.72 Å². The third-order valence-electron chi connectivity index (χ3n) is 2.50. The van der Waals surface area contributed by atoms with Crippen LogP contribution in [0.4, 0.5) is 11.4 Å². The van der Waals surface area contributed by atoms with Gasteiger partial charge in [0, 0.05) is 22.9 Å². The number of halogens is 1. The number of hydrogen-bond donors (Lipinski definition) is 2. The van der Waals surface area contributed by atoms with Crippen LogP contribution in [-0.4, -0.2) is 18.0 Å². The molecule has 0 fully saturated rings. The summed E-state index contributed by atoms with van der Waals surface area (Å²) in [6, 6.07) is 4.84. The van der Waals surface area contributed by atoms with E-state index in [9.17, 15) is 8.42 Å². The zero-order chi connectivity index (χ0) is 14.0. The van der Waals surface area contributed by atoms with Gasteiger partial charge in [0.25, 0.3) is 10.0 Å². The minimum atomic E-state index is -3.69. The monoisotopic (exact) mass is 344 g/mol. The molecule has 0 aliphatic rings. The Morgan fingerprint density at radius 1 is 1.47 bits per heavy atom. The van der Waals surface area contributed by atoms with E-state index in [1.165, 1.54) is 12.5 Å². The van der Waals surface area contributed by atoms with Gasteiger partial charge in [-0.15, -0.1) is 0 Å². The van der Waals surface area contributed by atoms with Crippen molar-refractivity contribution in [2.24, 2.45) is 0 Å². The van der Waals surface area contributed by atoms with Crippen molar-refractivity contribution in [3.05, 3.63) is 35.2 Å². The van der Waals surface area contributed by atoms with E-state index in [2.05, 4.69) is 25.6 Å². The SMILES string of the molecule is CCn1cnc(S(=O)(=O)Nc2ccc(Br)c(N)c2)c1. The Kier molecular flexibility index (Phi) is 3.81. The van der Waals surface area contributed by atoms with Gasteiger partial charge in [0.1, 0.15) is 0 Å². The summed E-state index contributed by atoms with van der Waals surface area (Å²) in [7, 11) is -3.69. The number of nitrogens with one attached hydrogen (secondary N) is 1. The first-order chi connectivity index (χ1) is 8.92. The lowest BCUT2D eigenvalue weighted by atomic mass is 10.3. The molecule has 1 heterocycles. The number of benzene rings is 1. The third kappa shape index (κ3) is 3.07. The molecule has 0 radical (unpaired) electrons. The van der Waals surface area contributed by atoms with Crippen LogP contribution in [0.1, 0.15) is 6.92 Å². The fourth-order valence-corrected chi connectivity index (χ4v) is 2.71. The Morgan fingerprint density at radius 3 is 2.79 bits per heavy atom. The van der Waals surface area contributed by atoms with Crippen LogP contribution in [0.3, 0.4) is 0 Å². The van der Waals surface area contributed by atoms with E-state index in [1.807, 2.05) is 6.92 Å². The van der Waals surface area contributed by atoms with E-state index >= 15 is 0 Å². The lowest BCUT2D eigenvalue weighted by Gasteiger charge is -2.07. The molecule has 0 spiro atoms. The highest BCUT2D eigenvalue weighted by molar-refractivity contribution is 9.10. The number of rotatable bonds is 4. The summed E-state index contributed by atoms with van der Waals surface area (Å²) in [5.41, 5.74) is 6.56. The first-order valence-electron chi connectivity index (χ1n) is 5.52. The van der Waals surface area contributed by atoms with Gasteiger partial charge in [0.2, 0.25) is 0 Å². The molecule has 0 unspecified atom stereocenters. The molecule has 102 valence electrons. The molecule has 6 nitrogen and oxygen atoms in total. The van der Waals surface area contributed by atoms with E-state index < -0.39 is 10.0 Å². The van der Waals surface area contributed by atoms with E-state index in [0.29, 0.717) is 22.4 Å². The maximum absolute atomic E-state index is 12.1. The number of aromatic nitrogens is 2. The lowest BCUT2D eigenvalue weighted by Crippen LogP contribution is -2.13. The Balaban J connectivity index is 2.28. The lowest BCUT2D eigenvalue weighted by molar-refractivity contribution is 0.598. The molecule has 0 saturated heterocycles. The third-order valence-corrected chi connectivity index (χ3v) is 4.49. The highest BCUT2D eigenvalue weighted by atomic mass is 79.9. The second-order valence-electron chi connectivity index (χ2n) is 3.88. The second-order valence-corrected chi connectivity index (χ2v) is 6.37. The summed E-state index contributed by atoms with van der Waals surface area (Å²) in [6.45, 7) is 2.56. The van der Waals surface area contributed by atoms with Gasteiger partial charge >= 0.3 is 0 Å². The molecule has 3 N–H and O–H groups in total. The number of nitrogen functional groups attached to an aromatic ring is 1.